The number of nitrogens with one attached hydrogen (secondary N) is 3. The highest BCUT2D eigenvalue weighted by atomic mass is 16.6. The molecule has 0 atom stereocenters. The minimum atomic E-state index is -0.515. The van der Waals surface area contributed by atoms with Gasteiger partial charge in [0.25, 0.3) is 0 Å². The Morgan fingerprint density at radius 1 is 1.03 bits per heavy atom. The molecule has 8 nitrogen and oxygen atoms in total. The minimum absolute atomic E-state index is 0.412. The van der Waals surface area contributed by atoms with Gasteiger partial charge in [0.05, 0.1) is 19.8 Å². The van der Waals surface area contributed by atoms with Gasteiger partial charge in [0, 0.05) is 60.4 Å². The molecule has 0 bridgehead atoms. The number of fused-ring (bicyclic) bond motifs is 2. The summed E-state index contributed by atoms with van der Waals surface area (Å²) in [7, 11) is 0. The third kappa shape index (κ3) is 6.15. The molecule has 3 aromatic rings. The SMILES string of the molecule is CCONCCNc1ccc(NCCCN2CCOCC2)c2c(C(=O)C=O)c3ccccc3cc12. The number of anilines is 2. The van der Waals surface area contributed by atoms with Crippen LogP contribution in [0.15, 0.2) is 42.5 Å². The minimum Gasteiger partial charge on any atom is -0.384 e. The molecule has 1 heterocycles. The van der Waals surface area contributed by atoms with Gasteiger partial charge in [-0.05, 0) is 48.9 Å². The van der Waals surface area contributed by atoms with E-state index in [4.69, 9.17) is 9.57 Å². The summed E-state index contributed by atoms with van der Waals surface area (Å²) in [6, 6.07) is 13.8. The first kappa shape index (κ1) is 25.1. The maximum Gasteiger partial charge on any atom is 0.226 e. The van der Waals surface area contributed by atoms with Crippen LogP contribution in [0, 0.1) is 0 Å². The Bertz CT molecular complexity index is 1160. The predicted octanol–water partition coefficient (Wildman–Crippen LogP) is 3.46. The molecule has 8 heteroatoms. The van der Waals surface area contributed by atoms with E-state index >= 15 is 0 Å². The maximum absolute atomic E-state index is 12.9. The van der Waals surface area contributed by atoms with Gasteiger partial charge in [-0.15, -0.1) is 0 Å². The van der Waals surface area contributed by atoms with Crippen LogP contribution < -0.4 is 16.1 Å². The van der Waals surface area contributed by atoms with Crippen LogP contribution >= 0.6 is 0 Å². The molecule has 3 aromatic carbocycles. The average molecular weight is 479 g/mol. The number of ether oxygens (including phenoxy) is 1. The lowest BCUT2D eigenvalue weighted by Crippen LogP contribution is -2.37. The summed E-state index contributed by atoms with van der Waals surface area (Å²) in [5.74, 6) is -0.515. The maximum atomic E-state index is 12.9. The summed E-state index contributed by atoms with van der Waals surface area (Å²) >= 11 is 0. The van der Waals surface area contributed by atoms with Crippen LogP contribution in [0.3, 0.4) is 0 Å². The lowest BCUT2D eigenvalue weighted by molar-refractivity contribution is -0.104. The van der Waals surface area contributed by atoms with E-state index in [1.165, 1.54) is 0 Å². The monoisotopic (exact) mass is 478 g/mol. The zero-order valence-electron chi connectivity index (χ0n) is 20.3. The van der Waals surface area contributed by atoms with Crippen LogP contribution in [0.2, 0.25) is 0 Å². The van der Waals surface area contributed by atoms with Crippen molar-refractivity contribution >= 4 is 45.0 Å². The van der Waals surface area contributed by atoms with E-state index in [0.717, 1.165) is 78.7 Å². The van der Waals surface area contributed by atoms with Crippen LogP contribution in [0.25, 0.3) is 21.5 Å². The van der Waals surface area contributed by atoms with E-state index in [-0.39, 0.29) is 0 Å². The third-order valence-corrected chi connectivity index (χ3v) is 6.24. The topological polar surface area (TPSA) is 91.9 Å². The van der Waals surface area contributed by atoms with Gasteiger partial charge in [-0.2, -0.15) is 0 Å². The zero-order valence-corrected chi connectivity index (χ0v) is 20.3. The van der Waals surface area contributed by atoms with Crippen molar-refractivity contribution in [2.24, 2.45) is 0 Å². The summed E-state index contributed by atoms with van der Waals surface area (Å²) in [6.07, 6.45) is 1.38. The Morgan fingerprint density at radius 2 is 1.80 bits per heavy atom. The number of aldehydes is 1. The van der Waals surface area contributed by atoms with Gasteiger partial charge < -0.3 is 20.2 Å². The molecule has 35 heavy (non-hydrogen) atoms. The fourth-order valence-corrected chi connectivity index (χ4v) is 4.57. The van der Waals surface area contributed by atoms with Gasteiger partial charge >= 0.3 is 0 Å². The normalized spacial score (nSPS) is 14.3. The Balaban J connectivity index is 1.65. The molecule has 186 valence electrons. The van der Waals surface area contributed by atoms with Crippen LogP contribution in [0.4, 0.5) is 11.4 Å². The largest absolute Gasteiger partial charge is 0.384 e. The number of morpholine rings is 1. The molecule has 4 rings (SSSR count). The molecule has 1 fully saturated rings. The molecule has 3 N–H and O–H groups in total. The van der Waals surface area contributed by atoms with Crippen LogP contribution in [0.1, 0.15) is 23.7 Å². The second kappa shape index (κ2) is 12.6. The molecule has 0 spiro atoms. The highest BCUT2D eigenvalue weighted by molar-refractivity contribution is 6.41. The smallest absolute Gasteiger partial charge is 0.226 e. The van der Waals surface area contributed by atoms with Crippen molar-refractivity contribution in [3.05, 3.63) is 48.0 Å². The summed E-state index contributed by atoms with van der Waals surface area (Å²) in [4.78, 5) is 32.2. The average Bonchev–Trinajstić information content (AvgIpc) is 2.90. The van der Waals surface area contributed by atoms with Gasteiger partial charge in [0.2, 0.25) is 5.78 Å². The van der Waals surface area contributed by atoms with E-state index in [1.807, 2.05) is 43.3 Å². The first-order valence-corrected chi connectivity index (χ1v) is 12.3. The highest BCUT2D eigenvalue weighted by Crippen LogP contribution is 2.37. The highest BCUT2D eigenvalue weighted by Gasteiger charge is 2.19. The number of carbonyl (C=O) groups is 2. The Hall–Kier alpha value is -3.04. The molecule has 1 aliphatic rings. The number of nitrogens with zero attached hydrogens (tertiary/aromatic N) is 1. The van der Waals surface area contributed by atoms with Crippen LogP contribution in [-0.4, -0.2) is 76.1 Å². The van der Waals surface area contributed by atoms with Crippen molar-refractivity contribution in [3.63, 3.8) is 0 Å². The zero-order chi connectivity index (χ0) is 24.5. The van der Waals surface area contributed by atoms with E-state index in [2.05, 4.69) is 27.1 Å². The van der Waals surface area contributed by atoms with E-state index in [0.29, 0.717) is 31.5 Å². The first-order valence-electron chi connectivity index (χ1n) is 12.3. The van der Waals surface area contributed by atoms with E-state index in [1.54, 1.807) is 0 Å². The van der Waals surface area contributed by atoms with Crippen molar-refractivity contribution in [1.82, 2.24) is 10.4 Å². The fraction of sp³-hybridized carbons (Fsp3) is 0.407. The molecule has 1 saturated heterocycles. The molecular formula is C27H34N4O4. The number of hydroxylamine groups is 1. The standard InChI is InChI=1S/C27H34N4O4/c1-2-35-30-12-11-29-23-8-9-24(28-10-5-13-31-14-16-34-17-15-31)26-22(23)18-20-6-3-4-7-21(20)27(26)25(33)19-32/h3-4,6-9,18-19,28-30H,2,5,10-17H2,1H3. The predicted molar refractivity (Wildman–Crippen MR) is 140 cm³/mol. The lowest BCUT2D eigenvalue weighted by atomic mass is 9.92. The van der Waals surface area contributed by atoms with Crippen molar-refractivity contribution in [1.29, 1.82) is 0 Å². The quantitative estimate of drug-likeness (QED) is 0.0859. The number of hydrogen-bond donors (Lipinski definition) is 3. The molecule has 0 saturated carbocycles. The second-order valence-electron chi connectivity index (χ2n) is 8.53. The number of ketones is 1. The Labute approximate surface area is 205 Å². The molecular weight excluding hydrogens is 444 g/mol. The molecule has 0 radical (unpaired) electrons. The summed E-state index contributed by atoms with van der Waals surface area (Å²) < 4.78 is 5.43. The Morgan fingerprint density at radius 3 is 2.60 bits per heavy atom. The van der Waals surface area contributed by atoms with Gasteiger partial charge in [-0.25, -0.2) is 5.48 Å². The third-order valence-electron chi connectivity index (χ3n) is 6.24. The van der Waals surface area contributed by atoms with E-state index < -0.39 is 5.78 Å². The van der Waals surface area contributed by atoms with Crippen molar-refractivity contribution in [2.75, 3.05) is 69.7 Å². The number of rotatable bonds is 13. The first-order chi connectivity index (χ1) is 17.2. The molecule has 1 aliphatic heterocycles. The number of hydrogen-bond acceptors (Lipinski definition) is 8. The van der Waals surface area contributed by atoms with Crippen molar-refractivity contribution in [3.8, 4) is 0 Å². The second-order valence-corrected chi connectivity index (χ2v) is 8.53. The van der Waals surface area contributed by atoms with Crippen LogP contribution in [0.5, 0.6) is 0 Å². The number of benzene rings is 3. The van der Waals surface area contributed by atoms with Gasteiger partial charge in [-0.3, -0.25) is 14.5 Å². The summed E-state index contributed by atoms with van der Waals surface area (Å²) in [6.45, 7) is 9.05. The fourth-order valence-electron chi connectivity index (χ4n) is 4.57. The van der Waals surface area contributed by atoms with Gasteiger partial charge in [0.15, 0.2) is 6.29 Å². The number of carbonyl (C=O) groups excluding carboxylic acids is 2. The van der Waals surface area contributed by atoms with Crippen LogP contribution in [-0.2, 0) is 14.4 Å². The van der Waals surface area contributed by atoms with Gasteiger partial charge in [0.1, 0.15) is 0 Å². The van der Waals surface area contributed by atoms with E-state index in [9.17, 15) is 9.59 Å². The van der Waals surface area contributed by atoms with Gasteiger partial charge in [-0.1, -0.05) is 24.3 Å². The summed E-state index contributed by atoms with van der Waals surface area (Å²) in [5, 5.41) is 10.4. The molecule has 0 unspecified atom stereocenters. The lowest BCUT2D eigenvalue weighted by Gasteiger charge is -2.26. The number of Topliss-reactive ketones (excluding diaryl/α,β-unsaturated/α-hetero) is 1. The summed E-state index contributed by atoms with van der Waals surface area (Å²) in [5.41, 5.74) is 5.11. The molecule has 0 aromatic heterocycles. The van der Waals surface area contributed by atoms with Crippen molar-refractivity contribution in [2.45, 2.75) is 13.3 Å². The van der Waals surface area contributed by atoms with Crippen molar-refractivity contribution < 1.29 is 19.2 Å². The molecule has 0 amide bonds. The Kier molecular flexibility index (Phi) is 9.02. The molecule has 0 aliphatic carbocycles.